The number of likely N-dealkylation sites (N-methyl/N-ethyl adjacent to an activating group) is 1. The number of aromatic nitrogens is 1. The molecule has 1 heterocycles. The maximum Gasteiger partial charge on any atom is 0.270 e. The van der Waals surface area contributed by atoms with Crippen molar-refractivity contribution in [2.45, 2.75) is 19.8 Å². The molecule has 8 heteroatoms. The molecule has 35 heavy (non-hydrogen) atoms. The van der Waals surface area contributed by atoms with Gasteiger partial charge in [0.1, 0.15) is 5.70 Å². The van der Waals surface area contributed by atoms with Crippen molar-refractivity contribution < 1.29 is 23.8 Å². The van der Waals surface area contributed by atoms with Gasteiger partial charge >= 0.3 is 0 Å². The summed E-state index contributed by atoms with van der Waals surface area (Å²) in [4.78, 5) is 28.3. The number of amides is 2. The molecule has 0 saturated carbocycles. The molecule has 0 aliphatic rings. The number of rotatable bonds is 10. The molecule has 0 bridgehead atoms. The second-order valence-electron chi connectivity index (χ2n) is 8.22. The summed E-state index contributed by atoms with van der Waals surface area (Å²) in [6.07, 6.45) is 5.49. The van der Waals surface area contributed by atoms with E-state index in [1.165, 1.54) is 21.3 Å². The standard InChI is InChI=1S/C27H33N3O5/c1-7-8-13-29(2)27(32)21(14-19-17-30(3)22-12-10-9-11-20(19)22)28-26(31)18-15-23(33-4)25(35-6)24(16-18)34-5/h9-12,14-17H,7-8,13H2,1-6H3,(H,28,31)/b21-14-. The van der Waals surface area contributed by atoms with E-state index < -0.39 is 5.91 Å². The molecule has 1 aromatic heterocycles. The van der Waals surface area contributed by atoms with E-state index in [2.05, 4.69) is 12.2 Å². The Labute approximate surface area is 206 Å². The van der Waals surface area contributed by atoms with Crippen LogP contribution in [0.3, 0.4) is 0 Å². The van der Waals surface area contributed by atoms with Gasteiger partial charge in [0.15, 0.2) is 11.5 Å². The summed E-state index contributed by atoms with van der Waals surface area (Å²) in [7, 11) is 8.15. The summed E-state index contributed by atoms with van der Waals surface area (Å²) >= 11 is 0. The first kappa shape index (κ1) is 25.7. The number of unbranched alkanes of at least 4 members (excludes halogenated alkanes) is 1. The zero-order chi connectivity index (χ0) is 25.5. The average molecular weight is 480 g/mol. The number of carbonyl (C=O) groups excluding carboxylic acids is 2. The molecule has 2 aromatic carbocycles. The highest BCUT2D eigenvalue weighted by molar-refractivity contribution is 6.07. The van der Waals surface area contributed by atoms with Crippen molar-refractivity contribution in [3.8, 4) is 17.2 Å². The highest BCUT2D eigenvalue weighted by atomic mass is 16.5. The summed E-state index contributed by atoms with van der Waals surface area (Å²) in [5.41, 5.74) is 2.31. The number of fused-ring (bicyclic) bond motifs is 1. The fourth-order valence-corrected chi connectivity index (χ4v) is 3.90. The predicted molar refractivity (Wildman–Crippen MR) is 137 cm³/mol. The lowest BCUT2D eigenvalue weighted by Gasteiger charge is -2.20. The quantitative estimate of drug-likeness (QED) is 0.440. The van der Waals surface area contributed by atoms with Crippen molar-refractivity contribution in [3.05, 3.63) is 59.4 Å². The molecule has 2 amide bonds. The van der Waals surface area contributed by atoms with Gasteiger partial charge in [-0.3, -0.25) is 9.59 Å². The normalized spacial score (nSPS) is 11.3. The van der Waals surface area contributed by atoms with Crippen molar-refractivity contribution in [3.63, 3.8) is 0 Å². The first-order chi connectivity index (χ1) is 16.8. The van der Waals surface area contributed by atoms with Gasteiger partial charge in [-0.15, -0.1) is 0 Å². The summed E-state index contributed by atoms with van der Waals surface area (Å²) in [5.74, 6) is 0.347. The van der Waals surface area contributed by atoms with E-state index >= 15 is 0 Å². The lowest BCUT2D eigenvalue weighted by atomic mass is 10.1. The van der Waals surface area contributed by atoms with E-state index in [0.717, 1.165) is 29.3 Å². The summed E-state index contributed by atoms with van der Waals surface area (Å²) in [6, 6.07) is 11.0. The van der Waals surface area contributed by atoms with Crippen LogP contribution in [0, 0.1) is 0 Å². The second-order valence-corrected chi connectivity index (χ2v) is 8.22. The van der Waals surface area contributed by atoms with Crippen LogP contribution in [-0.4, -0.2) is 56.2 Å². The largest absolute Gasteiger partial charge is 0.493 e. The minimum atomic E-state index is -0.465. The van der Waals surface area contributed by atoms with Crippen molar-refractivity contribution in [2.75, 3.05) is 34.9 Å². The van der Waals surface area contributed by atoms with Crippen LogP contribution in [0.2, 0.25) is 0 Å². The van der Waals surface area contributed by atoms with Crippen LogP contribution < -0.4 is 19.5 Å². The molecule has 8 nitrogen and oxygen atoms in total. The molecule has 186 valence electrons. The van der Waals surface area contributed by atoms with E-state index in [0.29, 0.717) is 23.8 Å². The average Bonchev–Trinajstić information content (AvgIpc) is 3.20. The lowest BCUT2D eigenvalue weighted by molar-refractivity contribution is -0.126. The number of carbonyl (C=O) groups is 2. The molecular formula is C27H33N3O5. The monoisotopic (exact) mass is 479 g/mol. The Morgan fingerprint density at radius 1 is 1.06 bits per heavy atom. The number of ether oxygens (including phenoxy) is 3. The van der Waals surface area contributed by atoms with Crippen LogP contribution in [-0.2, 0) is 11.8 Å². The molecule has 1 N–H and O–H groups in total. The number of benzene rings is 2. The number of aryl methyl sites for hydroxylation is 1. The number of nitrogens with one attached hydrogen (secondary N) is 1. The van der Waals surface area contributed by atoms with E-state index in [-0.39, 0.29) is 17.2 Å². The van der Waals surface area contributed by atoms with E-state index in [1.807, 2.05) is 42.1 Å². The Hall–Kier alpha value is -3.94. The first-order valence-corrected chi connectivity index (χ1v) is 11.5. The summed E-state index contributed by atoms with van der Waals surface area (Å²) in [5, 5.41) is 3.81. The fraction of sp³-hybridized carbons (Fsp3) is 0.333. The summed E-state index contributed by atoms with van der Waals surface area (Å²) in [6.45, 7) is 2.65. The highest BCUT2D eigenvalue weighted by Gasteiger charge is 2.22. The molecule has 0 saturated heterocycles. The second kappa shape index (κ2) is 11.5. The Balaban J connectivity index is 2.04. The molecule has 0 atom stereocenters. The van der Waals surface area contributed by atoms with Crippen LogP contribution in [0.1, 0.15) is 35.7 Å². The molecule has 0 unspecified atom stereocenters. The van der Waals surface area contributed by atoms with E-state index in [4.69, 9.17) is 14.2 Å². The van der Waals surface area contributed by atoms with Crippen LogP contribution in [0.15, 0.2) is 48.3 Å². The van der Waals surface area contributed by atoms with Crippen molar-refractivity contribution >= 4 is 28.8 Å². The van der Waals surface area contributed by atoms with Crippen molar-refractivity contribution in [1.29, 1.82) is 0 Å². The molecule has 3 aromatic rings. The van der Waals surface area contributed by atoms with Crippen LogP contribution in [0.5, 0.6) is 17.2 Å². The SMILES string of the molecule is CCCCN(C)C(=O)/C(=C/c1cn(C)c2ccccc12)NC(=O)c1cc(OC)c(OC)c(OC)c1. The summed E-state index contributed by atoms with van der Waals surface area (Å²) < 4.78 is 18.1. The Kier molecular flexibility index (Phi) is 8.41. The predicted octanol–water partition coefficient (Wildman–Crippen LogP) is 4.23. The van der Waals surface area contributed by atoms with Crippen LogP contribution in [0.25, 0.3) is 17.0 Å². The van der Waals surface area contributed by atoms with Crippen LogP contribution in [0.4, 0.5) is 0 Å². The van der Waals surface area contributed by atoms with E-state index in [9.17, 15) is 9.59 Å². The fourth-order valence-electron chi connectivity index (χ4n) is 3.90. The van der Waals surface area contributed by atoms with Gasteiger partial charge in [-0.25, -0.2) is 0 Å². The van der Waals surface area contributed by atoms with Gasteiger partial charge in [0.05, 0.1) is 21.3 Å². The van der Waals surface area contributed by atoms with E-state index in [1.54, 1.807) is 30.2 Å². The molecule has 0 spiro atoms. The lowest BCUT2D eigenvalue weighted by Crippen LogP contribution is -2.36. The molecule has 0 radical (unpaired) electrons. The van der Waals surface area contributed by atoms with Gasteiger partial charge in [-0.05, 0) is 30.7 Å². The Morgan fingerprint density at radius 3 is 2.31 bits per heavy atom. The number of hydrogen-bond acceptors (Lipinski definition) is 5. The third-order valence-electron chi connectivity index (χ3n) is 5.83. The maximum atomic E-state index is 13.4. The van der Waals surface area contributed by atoms with Crippen molar-refractivity contribution in [2.24, 2.45) is 7.05 Å². The highest BCUT2D eigenvalue weighted by Crippen LogP contribution is 2.38. The van der Waals surface area contributed by atoms with Gasteiger partial charge in [0.2, 0.25) is 5.75 Å². The topological polar surface area (TPSA) is 82.0 Å². The van der Waals surface area contributed by atoms with Gasteiger partial charge in [-0.2, -0.15) is 0 Å². The van der Waals surface area contributed by atoms with Gasteiger partial charge < -0.3 is 29.0 Å². The molecule has 3 rings (SSSR count). The molecular weight excluding hydrogens is 446 g/mol. The zero-order valence-electron chi connectivity index (χ0n) is 21.2. The Morgan fingerprint density at radius 2 is 1.71 bits per heavy atom. The maximum absolute atomic E-state index is 13.4. The van der Waals surface area contributed by atoms with Gasteiger partial charge in [0.25, 0.3) is 11.8 Å². The molecule has 0 fully saturated rings. The minimum Gasteiger partial charge on any atom is -0.493 e. The zero-order valence-corrected chi connectivity index (χ0v) is 21.2. The van der Waals surface area contributed by atoms with Gasteiger partial charge in [-0.1, -0.05) is 31.5 Å². The Bertz CT molecular complexity index is 1220. The number of nitrogens with zero attached hydrogens (tertiary/aromatic N) is 2. The third kappa shape index (κ3) is 5.59. The first-order valence-electron chi connectivity index (χ1n) is 11.5. The third-order valence-corrected chi connectivity index (χ3v) is 5.83. The van der Waals surface area contributed by atoms with Gasteiger partial charge in [0, 0.05) is 48.9 Å². The minimum absolute atomic E-state index is 0.179. The van der Waals surface area contributed by atoms with Crippen molar-refractivity contribution in [1.82, 2.24) is 14.8 Å². The smallest absolute Gasteiger partial charge is 0.270 e. The number of methoxy groups -OCH3 is 3. The number of para-hydroxylation sites is 1. The van der Waals surface area contributed by atoms with Crippen LogP contribution >= 0.6 is 0 Å². The molecule has 0 aliphatic heterocycles. The molecule has 0 aliphatic carbocycles. The number of hydrogen-bond donors (Lipinski definition) is 1.